The van der Waals surface area contributed by atoms with Crippen molar-refractivity contribution in [3.63, 3.8) is 0 Å². The highest BCUT2D eigenvalue weighted by Crippen LogP contribution is 2.30. The molecule has 1 saturated heterocycles. The van der Waals surface area contributed by atoms with Crippen LogP contribution in [0, 0.1) is 0 Å². The Balaban J connectivity index is 1.64. The van der Waals surface area contributed by atoms with Crippen LogP contribution < -0.4 is 5.32 Å². The van der Waals surface area contributed by atoms with Crippen molar-refractivity contribution in [3.05, 3.63) is 41.5 Å². The van der Waals surface area contributed by atoms with Crippen LogP contribution in [0.5, 0.6) is 0 Å². The molecule has 1 amide bonds. The molecule has 0 aromatic carbocycles. The Labute approximate surface area is 125 Å². The van der Waals surface area contributed by atoms with Crippen LogP contribution in [0.15, 0.2) is 27.4 Å². The molecule has 0 spiro atoms. The molecule has 0 saturated carbocycles. The third kappa shape index (κ3) is 2.86. The number of aromatic nitrogens is 1. The summed E-state index contributed by atoms with van der Waals surface area (Å²) in [5.74, 6) is -0.999. The first-order valence-corrected chi connectivity index (χ1v) is 6.80. The van der Waals surface area contributed by atoms with Crippen molar-refractivity contribution in [3.8, 4) is 0 Å². The van der Waals surface area contributed by atoms with Crippen molar-refractivity contribution in [2.45, 2.75) is 25.5 Å². The normalized spacial score (nSPS) is 17.5. The molecule has 2 aromatic rings. The van der Waals surface area contributed by atoms with Gasteiger partial charge in [0.25, 0.3) is 5.91 Å². The number of nitrogens with one attached hydrogen (secondary N) is 1. The second-order valence-electron chi connectivity index (χ2n) is 4.82. The standard InChI is InChI=1S/C14H14N2O6/c17-13(15-6-8-3-4-10(22-8)14(18)19)11-12(21-7-16-11)9-2-1-5-20-9/h3-4,7,9H,1-2,5-6H2,(H,15,17)(H,18,19)/t9-/m0/s1. The van der Waals surface area contributed by atoms with Gasteiger partial charge in [-0.05, 0) is 25.0 Å². The molecule has 0 bridgehead atoms. The Bertz CT molecular complexity index is 683. The smallest absolute Gasteiger partial charge is 0.371 e. The van der Waals surface area contributed by atoms with Crippen LogP contribution in [0.4, 0.5) is 0 Å². The van der Waals surface area contributed by atoms with Crippen molar-refractivity contribution >= 4 is 11.9 Å². The molecule has 1 atom stereocenters. The predicted molar refractivity (Wildman–Crippen MR) is 71.3 cm³/mol. The topological polar surface area (TPSA) is 115 Å². The van der Waals surface area contributed by atoms with E-state index in [0.29, 0.717) is 18.1 Å². The molecule has 1 fully saturated rings. The lowest BCUT2D eigenvalue weighted by Gasteiger charge is -2.07. The van der Waals surface area contributed by atoms with E-state index in [-0.39, 0.29) is 24.1 Å². The number of carboxylic acid groups (broad SMARTS) is 1. The van der Waals surface area contributed by atoms with Gasteiger partial charge in [-0.3, -0.25) is 4.79 Å². The summed E-state index contributed by atoms with van der Waals surface area (Å²) in [6.07, 6.45) is 2.67. The van der Waals surface area contributed by atoms with E-state index < -0.39 is 11.9 Å². The third-order valence-corrected chi connectivity index (χ3v) is 3.33. The summed E-state index contributed by atoms with van der Waals surface area (Å²) in [6, 6.07) is 2.82. The average Bonchev–Trinajstić information content (AvgIpc) is 3.23. The molecule has 3 heterocycles. The molecule has 1 aliphatic rings. The maximum absolute atomic E-state index is 12.2. The Morgan fingerprint density at radius 2 is 2.27 bits per heavy atom. The zero-order chi connectivity index (χ0) is 15.5. The van der Waals surface area contributed by atoms with Gasteiger partial charge in [-0.2, -0.15) is 0 Å². The first-order valence-electron chi connectivity index (χ1n) is 6.80. The monoisotopic (exact) mass is 306 g/mol. The van der Waals surface area contributed by atoms with E-state index in [9.17, 15) is 9.59 Å². The lowest BCUT2D eigenvalue weighted by Crippen LogP contribution is -2.24. The fourth-order valence-corrected chi connectivity index (χ4v) is 2.28. The number of ether oxygens (including phenoxy) is 1. The van der Waals surface area contributed by atoms with Gasteiger partial charge in [0.05, 0.1) is 6.54 Å². The number of rotatable bonds is 5. The summed E-state index contributed by atoms with van der Waals surface area (Å²) in [7, 11) is 0. The minimum Gasteiger partial charge on any atom is -0.475 e. The van der Waals surface area contributed by atoms with Gasteiger partial charge in [0, 0.05) is 6.61 Å². The number of hydrogen-bond donors (Lipinski definition) is 2. The number of nitrogens with zero attached hydrogens (tertiary/aromatic N) is 1. The summed E-state index contributed by atoms with van der Waals surface area (Å²) in [5, 5.41) is 11.4. The van der Waals surface area contributed by atoms with Crippen molar-refractivity contribution in [2.75, 3.05) is 6.61 Å². The molecule has 2 N–H and O–H groups in total. The number of oxazole rings is 1. The van der Waals surface area contributed by atoms with Gasteiger partial charge in [-0.15, -0.1) is 0 Å². The van der Waals surface area contributed by atoms with Gasteiger partial charge in [-0.25, -0.2) is 9.78 Å². The van der Waals surface area contributed by atoms with E-state index in [2.05, 4.69) is 10.3 Å². The molecule has 22 heavy (non-hydrogen) atoms. The predicted octanol–water partition coefficient (Wildman–Crippen LogP) is 1.75. The van der Waals surface area contributed by atoms with E-state index in [1.807, 2.05) is 0 Å². The quantitative estimate of drug-likeness (QED) is 0.864. The highest BCUT2D eigenvalue weighted by Gasteiger charge is 2.27. The Hall–Kier alpha value is -2.61. The van der Waals surface area contributed by atoms with E-state index in [4.69, 9.17) is 18.7 Å². The van der Waals surface area contributed by atoms with E-state index in [1.165, 1.54) is 18.5 Å². The average molecular weight is 306 g/mol. The van der Waals surface area contributed by atoms with Crippen molar-refractivity contribution < 1.29 is 28.3 Å². The zero-order valence-corrected chi connectivity index (χ0v) is 11.6. The first-order chi connectivity index (χ1) is 10.6. The van der Waals surface area contributed by atoms with Crippen LogP contribution in [0.1, 0.15) is 51.5 Å². The number of carbonyl (C=O) groups is 2. The largest absolute Gasteiger partial charge is 0.475 e. The van der Waals surface area contributed by atoms with Gasteiger partial charge in [-0.1, -0.05) is 0 Å². The number of furan rings is 1. The second kappa shape index (κ2) is 6.02. The van der Waals surface area contributed by atoms with Gasteiger partial charge in [0.15, 0.2) is 17.8 Å². The van der Waals surface area contributed by atoms with E-state index >= 15 is 0 Å². The SMILES string of the molecule is O=C(O)c1ccc(CNC(=O)c2ncoc2[C@@H]2CCCO2)o1. The highest BCUT2D eigenvalue weighted by molar-refractivity contribution is 5.93. The van der Waals surface area contributed by atoms with E-state index in [1.54, 1.807) is 0 Å². The van der Waals surface area contributed by atoms with Crippen molar-refractivity contribution in [1.29, 1.82) is 0 Å². The van der Waals surface area contributed by atoms with Gasteiger partial charge in [0.2, 0.25) is 5.76 Å². The lowest BCUT2D eigenvalue weighted by atomic mass is 10.1. The molecule has 3 rings (SSSR count). The van der Waals surface area contributed by atoms with Gasteiger partial charge < -0.3 is 24.0 Å². The number of carbonyl (C=O) groups excluding carboxylic acids is 1. The molecule has 8 nitrogen and oxygen atoms in total. The molecule has 0 unspecified atom stereocenters. The van der Waals surface area contributed by atoms with Crippen molar-refractivity contribution in [1.82, 2.24) is 10.3 Å². The number of amides is 1. The Kier molecular flexibility index (Phi) is 3.92. The summed E-state index contributed by atoms with van der Waals surface area (Å²) >= 11 is 0. The summed E-state index contributed by atoms with van der Waals surface area (Å²) in [6.45, 7) is 0.695. The van der Waals surface area contributed by atoms with Crippen LogP contribution in [0.2, 0.25) is 0 Å². The molecular formula is C14H14N2O6. The summed E-state index contributed by atoms with van der Waals surface area (Å²) in [5.41, 5.74) is 0.178. The second-order valence-corrected chi connectivity index (χ2v) is 4.82. The molecular weight excluding hydrogens is 292 g/mol. The third-order valence-electron chi connectivity index (χ3n) is 3.33. The van der Waals surface area contributed by atoms with Crippen LogP contribution in [0.25, 0.3) is 0 Å². The van der Waals surface area contributed by atoms with Gasteiger partial charge in [0.1, 0.15) is 11.9 Å². The fourth-order valence-electron chi connectivity index (χ4n) is 2.28. The molecule has 8 heteroatoms. The minimum absolute atomic E-state index is 0.0595. The van der Waals surface area contributed by atoms with E-state index in [0.717, 1.165) is 12.8 Å². The summed E-state index contributed by atoms with van der Waals surface area (Å²) in [4.78, 5) is 26.8. The molecule has 0 aliphatic carbocycles. The maximum Gasteiger partial charge on any atom is 0.371 e. The molecule has 2 aromatic heterocycles. The van der Waals surface area contributed by atoms with Crippen LogP contribution in [-0.4, -0.2) is 28.6 Å². The number of aromatic carboxylic acids is 1. The van der Waals surface area contributed by atoms with Gasteiger partial charge >= 0.3 is 5.97 Å². The Morgan fingerprint density at radius 3 is 2.95 bits per heavy atom. The number of hydrogen-bond acceptors (Lipinski definition) is 6. The Morgan fingerprint density at radius 1 is 1.41 bits per heavy atom. The van der Waals surface area contributed by atoms with Crippen molar-refractivity contribution in [2.24, 2.45) is 0 Å². The van der Waals surface area contributed by atoms with Crippen LogP contribution in [0.3, 0.4) is 0 Å². The van der Waals surface area contributed by atoms with Crippen LogP contribution >= 0.6 is 0 Å². The zero-order valence-electron chi connectivity index (χ0n) is 11.6. The fraction of sp³-hybridized carbons (Fsp3) is 0.357. The first kappa shape index (κ1) is 14.3. The number of carboxylic acids is 1. The lowest BCUT2D eigenvalue weighted by molar-refractivity contribution is 0.0660. The highest BCUT2D eigenvalue weighted by atomic mass is 16.5. The molecule has 116 valence electrons. The summed E-state index contributed by atoms with van der Waals surface area (Å²) < 4.78 is 15.8. The molecule has 1 aliphatic heterocycles. The minimum atomic E-state index is -1.16. The molecule has 0 radical (unpaired) electrons. The maximum atomic E-state index is 12.2. The van der Waals surface area contributed by atoms with Crippen LogP contribution in [-0.2, 0) is 11.3 Å².